The average Bonchev–Trinajstić information content (AvgIpc) is 2.42. The normalized spacial score (nSPS) is 10.1. The second kappa shape index (κ2) is 11.2. The van der Waals surface area contributed by atoms with E-state index in [1.54, 1.807) is 7.11 Å². The Kier molecular flexibility index (Phi) is 10.5. The van der Waals surface area contributed by atoms with Gasteiger partial charge in [-0.15, -0.1) is 12.4 Å². The molecule has 0 spiro atoms. The first-order chi connectivity index (χ1) is 9.63. The third kappa shape index (κ3) is 8.44. The number of halogens is 3. The maximum Gasteiger partial charge on any atom is 0.387 e. The Morgan fingerprint density at radius 1 is 1.19 bits per heavy atom. The lowest BCUT2D eigenvalue weighted by Crippen LogP contribution is -2.33. The third-order valence-corrected chi connectivity index (χ3v) is 2.41. The van der Waals surface area contributed by atoms with Crippen LogP contribution in [0.2, 0.25) is 0 Å². The minimum Gasteiger partial charge on any atom is -0.435 e. The number of benzene rings is 1. The van der Waals surface area contributed by atoms with Crippen LogP contribution in [0.15, 0.2) is 24.3 Å². The number of hydrogen-bond acceptors (Lipinski definition) is 4. The molecule has 0 saturated carbocycles. The van der Waals surface area contributed by atoms with E-state index < -0.39 is 6.61 Å². The van der Waals surface area contributed by atoms with Gasteiger partial charge in [0.15, 0.2) is 0 Å². The zero-order valence-corrected chi connectivity index (χ0v) is 12.4. The second-order valence-corrected chi connectivity index (χ2v) is 3.90. The zero-order chi connectivity index (χ0) is 14.8. The summed E-state index contributed by atoms with van der Waals surface area (Å²) in [5.41, 5.74) is 0.392. The van der Waals surface area contributed by atoms with Crippen LogP contribution in [0.25, 0.3) is 0 Å². The van der Waals surface area contributed by atoms with E-state index in [-0.39, 0.29) is 24.1 Å². The Morgan fingerprint density at radius 3 is 2.43 bits per heavy atom. The fourth-order valence-electron chi connectivity index (χ4n) is 1.45. The number of carbonyl (C=O) groups is 1. The largest absolute Gasteiger partial charge is 0.435 e. The third-order valence-electron chi connectivity index (χ3n) is 2.41. The SMILES string of the molecule is COCCNCCNC(=O)c1ccc(OC(F)F)cc1.Cl. The van der Waals surface area contributed by atoms with Gasteiger partial charge in [0.1, 0.15) is 5.75 Å². The molecule has 0 radical (unpaired) electrons. The molecule has 0 unspecified atom stereocenters. The van der Waals surface area contributed by atoms with Crippen LogP contribution in [0.4, 0.5) is 8.78 Å². The maximum atomic E-state index is 12.0. The zero-order valence-electron chi connectivity index (χ0n) is 11.6. The van der Waals surface area contributed by atoms with Gasteiger partial charge in [0.2, 0.25) is 0 Å². The minimum absolute atomic E-state index is 0. The number of rotatable bonds is 9. The topological polar surface area (TPSA) is 59.6 Å². The summed E-state index contributed by atoms with van der Waals surface area (Å²) in [7, 11) is 1.62. The molecule has 2 N–H and O–H groups in total. The molecule has 1 aromatic carbocycles. The number of ether oxygens (including phenoxy) is 2. The van der Waals surface area contributed by atoms with Crippen molar-refractivity contribution in [2.45, 2.75) is 6.61 Å². The van der Waals surface area contributed by atoms with E-state index in [1.165, 1.54) is 24.3 Å². The van der Waals surface area contributed by atoms with Gasteiger partial charge in [0.05, 0.1) is 6.61 Å². The summed E-state index contributed by atoms with van der Waals surface area (Å²) in [6.07, 6.45) is 0. The second-order valence-electron chi connectivity index (χ2n) is 3.90. The monoisotopic (exact) mass is 324 g/mol. The van der Waals surface area contributed by atoms with E-state index in [9.17, 15) is 13.6 Å². The van der Waals surface area contributed by atoms with Crippen molar-refractivity contribution < 1.29 is 23.0 Å². The smallest absolute Gasteiger partial charge is 0.387 e. The van der Waals surface area contributed by atoms with Crippen LogP contribution < -0.4 is 15.4 Å². The van der Waals surface area contributed by atoms with Gasteiger partial charge in [-0.2, -0.15) is 8.78 Å². The molecule has 0 bridgehead atoms. The molecule has 0 aliphatic carbocycles. The highest BCUT2D eigenvalue weighted by Crippen LogP contribution is 2.14. The van der Waals surface area contributed by atoms with Crippen LogP contribution in [-0.2, 0) is 4.74 Å². The molecular weight excluding hydrogens is 306 g/mol. The average molecular weight is 325 g/mol. The van der Waals surface area contributed by atoms with Crippen LogP contribution in [0.3, 0.4) is 0 Å². The molecule has 0 aromatic heterocycles. The first kappa shape index (κ1) is 19.6. The predicted octanol–water partition coefficient (Wildman–Crippen LogP) is 1.68. The maximum absolute atomic E-state index is 12.0. The number of amides is 1. The summed E-state index contributed by atoms with van der Waals surface area (Å²) in [5, 5.41) is 5.79. The van der Waals surface area contributed by atoms with Crippen molar-refractivity contribution in [1.29, 1.82) is 0 Å². The van der Waals surface area contributed by atoms with Crippen molar-refractivity contribution in [2.75, 3.05) is 33.4 Å². The van der Waals surface area contributed by atoms with Crippen LogP contribution in [-0.4, -0.2) is 45.9 Å². The molecular formula is C13H19ClF2N2O3. The Bertz CT molecular complexity index is 405. The molecule has 0 saturated heterocycles. The van der Waals surface area contributed by atoms with E-state index >= 15 is 0 Å². The van der Waals surface area contributed by atoms with E-state index in [4.69, 9.17) is 4.74 Å². The quantitative estimate of drug-likeness (QED) is 0.679. The van der Waals surface area contributed by atoms with Crippen LogP contribution in [0, 0.1) is 0 Å². The summed E-state index contributed by atoms with van der Waals surface area (Å²) in [6.45, 7) is -0.446. The highest BCUT2D eigenvalue weighted by molar-refractivity contribution is 5.94. The molecule has 8 heteroatoms. The lowest BCUT2D eigenvalue weighted by Gasteiger charge is -2.08. The van der Waals surface area contributed by atoms with Crippen LogP contribution >= 0.6 is 12.4 Å². The fraction of sp³-hybridized carbons (Fsp3) is 0.462. The van der Waals surface area contributed by atoms with Crippen molar-refractivity contribution in [2.24, 2.45) is 0 Å². The summed E-state index contributed by atoms with van der Waals surface area (Å²) < 4.78 is 33.0. The van der Waals surface area contributed by atoms with Crippen molar-refractivity contribution in [3.8, 4) is 5.75 Å². The number of methoxy groups -OCH3 is 1. The highest BCUT2D eigenvalue weighted by atomic mass is 35.5. The molecule has 5 nitrogen and oxygen atoms in total. The summed E-state index contributed by atoms with van der Waals surface area (Å²) in [6, 6.07) is 5.53. The predicted molar refractivity (Wildman–Crippen MR) is 77.4 cm³/mol. The lowest BCUT2D eigenvalue weighted by atomic mass is 10.2. The summed E-state index contributed by atoms with van der Waals surface area (Å²) in [4.78, 5) is 11.7. The molecule has 0 aliphatic rings. The van der Waals surface area contributed by atoms with E-state index in [0.717, 1.165) is 0 Å². The Labute approximate surface area is 128 Å². The van der Waals surface area contributed by atoms with Gasteiger partial charge in [-0.25, -0.2) is 0 Å². The minimum atomic E-state index is -2.87. The number of nitrogens with one attached hydrogen (secondary N) is 2. The Morgan fingerprint density at radius 2 is 1.86 bits per heavy atom. The van der Waals surface area contributed by atoms with E-state index in [1.807, 2.05) is 0 Å². The molecule has 0 aliphatic heterocycles. The number of carbonyl (C=O) groups excluding carboxylic acids is 1. The molecule has 1 rings (SSSR count). The molecule has 1 aromatic rings. The van der Waals surface area contributed by atoms with Crippen molar-refractivity contribution in [1.82, 2.24) is 10.6 Å². The van der Waals surface area contributed by atoms with Gasteiger partial charge in [0, 0.05) is 32.3 Å². The molecule has 0 atom stereocenters. The van der Waals surface area contributed by atoms with E-state index in [2.05, 4.69) is 15.4 Å². The van der Waals surface area contributed by atoms with Crippen molar-refractivity contribution in [3.05, 3.63) is 29.8 Å². The fourth-order valence-corrected chi connectivity index (χ4v) is 1.45. The van der Waals surface area contributed by atoms with Gasteiger partial charge >= 0.3 is 6.61 Å². The number of alkyl halides is 2. The van der Waals surface area contributed by atoms with Crippen molar-refractivity contribution >= 4 is 18.3 Å². The molecule has 0 heterocycles. The summed E-state index contributed by atoms with van der Waals surface area (Å²) >= 11 is 0. The van der Waals surface area contributed by atoms with E-state index in [0.29, 0.717) is 31.8 Å². The van der Waals surface area contributed by atoms with Gasteiger partial charge in [-0.1, -0.05) is 0 Å². The first-order valence-electron chi connectivity index (χ1n) is 6.16. The molecule has 21 heavy (non-hydrogen) atoms. The molecule has 1 amide bonds. The molecule has 120 valence electrons. The van der Waals surface area contributed by atoms with Gasteiger partial charge in [-0.3, -0.25) is 4.79 Å². The first-order valence-corrected chi connectivity index (χ1v) is 6.16. The standard InChI is InChI=1S/C13H18F2N2O3.ClH/c1-19-9-8-16-6-7-17-12(18)10-2-4-11(5-3-10)20-13(14)15;/h2-5,13,16H,6-9H2,1H3,(H,17,18);1H. The van der Waals surface area contributed by atoms with Gasteiger partial charge in [0.25, 0.3) is 5.91 Å². The van der Waals surface area contributed by atoms with Crippen LogP contribution in [0.5, 0.6) is 5.75 Å². The Balaban J connectivity index is 0.00000400. The van der Waals surface area contributed by atoms with Gasteiger partial charge in [-0.05, 0) is 24.3 Å². The Hall–Kier alpha value is -1.44. The number of hydrogen-bond donors (Lipinski definition) is 2. The summed E-state index contributed by atoms with van der Waals surface area (Å²) in [5.74, 6) is -0.236. The highest BCUT2D eigenvalue weighted by Gasteiger charge is 2.07. The van der Waals surface area contributed by atoms with Crippen LogP contribution in [0.1, 0.15) is 10.4 Å². The van der Waals surface area contributed by atoms with Gasteiger partial charge < -0.3 is 20.1 Å². The van der Waals surface area contributed by atoms with Crippen molar-refractivity contribution in [3.63, 3.8) is 0 Å². The lowest BCUT2D eigenvalue weighted by molar-refractivity contribution is -0.0498. The molecule has 0 fully saturated rings.